The number of rotatable bonds is 4. The molecule has 0 amide bonds. The molecule has 1 aromatic heterocycles. The van der Waals surface area contributed by atoms with Crippen LogP contribution in [0, 0.1) is 6.92 Å². The molecular weight excluding hydrogens is 346 g/mol. The molecule has 0 bridgehead atoms. The number of nitrogens with one attached hydrogen (secondary N) is 1. The number of aromatic nitrogens is 1. The van der Waals surface area contributed by atoms with Gasteiger partial charge in [0.2, 0.25) is 10.0 Å². The van der Waals surface area contributed by atoms with Crippen LogP contribution in [0.3, 0.4) is 0 Å². The average molecular weight is 368 g/mol. The first kappa shape index (κ1) is 17.6. The lowest BCUT2D eigenvalue weighted by Crippen LogP contribution is -2.44. The Hall–Kier alpha value is -1.21. The fourth-order valence-corrected chi connectivity index (χ4v) is 4.29. The molecule has 0 aliphatic carbocycles. The van der Waals surface area contributed by atoms with E-state index in [4.69, 9.17) is 16.6 Å². The minimum Gasteiger partial charge on any atom is -0.297 e. The van der Waals surface area contributed by atoms with Gasteiger partial charge in [0.1, 0.15) is 0 Å². The Kier molecular flexibility index (Phi) is 5.11. The van der Waals surface area contributed by atoms with Crippen molar-refractivity contribution in [2.75, 3.05) is 19.3 Å². The lowest BCUT2D eigenvalue weighted by atomic mass is 10.1. The molecule has 1 aliphatic heterocycles. The third-order valence-electron chi connectivity index (χ3n) is 4.49. The summed E-state index contributed by atoms with van der Waals surface area (Å²) in [6, 6.07) is 8.04. The molecular formula is C17H22ClN3O2S. The van der Waals surface area contributed by atoms with Crippen molar-refractivity contribution in [2.45, 2.75) is 32.4 Å². The van der Waals surface area contributed by atoms with Crippen molar-refractivity contribution in [3.05, 3.63) is 40.5 Å². The highest BCUT2D eigenvalue weighted by atomic mass is 35.5. The number of halogens is 1. The van der Waals surface area contributed by atoms with Gasteiger partial charge < -0.3 is 0 Å². The number of hydrogen-bond donors (Lipinski definition) is 1. The summed E-state index contributed by atoms with van der Waals surface area (Å²) in [4.78, 5) is 7.00. The van der Waals surface area contributed by atoms with Crippen LogP contribution in [0.1, 0.15) is 24.1 Å². The standard InChI is InChI=1S/C17H22ClN3O2S/c1-12-14-5-3-4-6-15(14)19-16(17(12)18)11-21-9-7-13(8-10-21)20-24(2,22)23/h3-6,13,20H,7-11H2,1-2H3. The second-order valence-corrected chi connectivity index (χ2v) is 8.61. The van der Waals surface area contributed by atoms with Gasteiger partial charge in [-0.25, -0.2) is 18.1 Å². The molecule has 0 saturated carbocycles. The molecule has 1 fully saturated rings. The highest BCUT2D eigenvalue weighted by Gasteiger charge is 2.23. The van der Waals surface area contributed by atoms with E-state index in [1.165, 1.54) is 6.26 Å². The lowest BCUT2D eigenvalue weighted by molar-refractivity contribution is 0.198. The van der Waals surface area contributed by atoms with Gasteiger partial charge in [0.15, 0.2) is 0 Å². The molecule has 1 aromatic carbocycles. The molecule has 0 unspecified atom stereocenters. The molecule has 3 rings (SSSR count). The van der Waals surface area contributed by atoms with Crippen molar-refractivity contribution in [3.8, 4) is 0 Å². The van der Waals surface area contributed by atoms with Crippen molar-refractivity contribution >= 4 is 32.5 Å². The van der Waals surface area contributed by atoms with Gasteiger partial charge in [-0.3, -0.25) is 4.90 Å². The predicted octanol–water partition coefficient (Wildman–Crippen LogP) is 2.71. The minimum absolute atomic E-state index is 0.0259. The first-order chi connectivity index (χ1) is 11.3. The van der Waals surface area contributed by atoms with E-state index in [2.05, 4.69) is 9.62 Å². The van der Waals surface area contributed by atoms with Crippen LogP contribution in [0.2, 0.25) is 5.02 Å². The van der Waals surface area contributed by atoms with Crippen molar-refractivity contribution in [3.63, 3.8) is 0 Å². The van der Waals surface area contributed by atoms with Crippen LogP contribution < -0.4 is 4.72 Å². The fraction of sp³-hybridized carbons (Fsp3) is 0.471. The van der Waals surface area contributed by atoms with E-state index in [1.54, 1.807) is 0 Å². The summed E-state index contributed by atoms with van der Waals surface area (Å²) in [7, 11) is -3.14. The number of likely N-dealkylation sites (tertiary alicyclic amines) is 1. The molecule has 0 radical (unpaired) electrons. The van der Waals surface area contributed by atoms with Crippen LogP contribution in [-0.4, -0.2) is 43.7 Å². The van der Waals surface area contributed by atoms with Gasteiger partial charge in [-0.1, -0.05) is 29.8 Å². The van der Waals surface area contributed by atoms with Crippen molar-refractivity contribution < 1.29 is 8.42 Å². The molecule has 0 spiro atoms. The molecule has 2 aromatic rings. The van der Waals surface area contributed by atoms with Crippen LogP contribution in [0.4, 0.5) is 0 Å². The second-order valence-electron chi connectivity index (χ2n) is 6.46. The largest absolute Gasteiger partial charge is 0.297 e. The number of piperidine rings is 1. The second kappa shape index (κ2) is 6.96. The number of benzene rings is 1. The molecule has 1 saturated heterocycles. The zero-order chi connectivity index (χ0) is 17.3. The Labute approximate surface area is 148 Å². The summed E-state index contributed by atoms with van der Waals surface area (Å²) < 4.78 is 25.3. The summed E-state index contributed by atoms with van der Waals surface area (Å²) in [5.41, 5.74) is 2.91. The SMILES string of the molecule is Cc1c(Cl)c(CN2CCC(NS(C)(=O)=O)CC2)nc2ccccc12. The quantitative estimate of drug-likeness (QED) is 0.902. The first-order valence-electron chi connectivity index (χ1n) is 8.07. The van der Waals surface area contributed by atoms with Gasteiger partial charge in [-0.2, -0.15) is 0 Å². The third-order valence-corrected chi connectivity index (χ3v) is 5.75. The molecule has 5 nitrogen and oxygen atoms in total. The first-order valence-corrected chi connectivity index (χ1v) is 10.3. The normalized spacial score (nSPS) is 17.5. The van der Waals surface area contributed by atoms with Gasteiger partial charge >= 0.3 is 0 Å². The van der Waals surface area contributed by atoms with E-state index in [0.717, 1.165) is 53.1 Å². The summed E-state index contributed by atoms with van der Waals surface area (Å²) in [6.45, 7) is 4.38. The van der Waals surface area contributed by atoms with Crippen LogP contribution in [0.5, 0.6) is 0 Å². The lowest BCUT2D eigenvalue weighted by Gasteiger charge is -2.32. The molecule has 1 aliphatic rings. The van der Waals surface area contributed by atoms with E-state index < -0.39 is 10.0 Å². The Morgan fingerprint density at radius 2 is 1.96 bits per heavy atom. The number of para-hydroxylation sites is 1. The van der Waals surface area contributed by atoms with Crippen LogP contribution in [-0.2, 0) is 16.6 Å². The number of pyridine rings is 1. The zero-order valence-corrected chi connectivity index (χ0v) is 15.5. The predicted molar refractivity (Wildman–Crippen MR) is 97.8 cm³/mol. The summed E-state index contributed by atoms with van der Waals surface area (Å²) >= 11 is 6.53. The Bertz CT molecular complexity index is 846. The van der Waals surface area contributed by atoms with Crippen LogP contribution >= 0.6 is 11.6 Å². The van der Waals surface area contributed by atoms with Crippen molar-refractivity contribution in [1.29, 1.82) is 0 Å². The Morgan fingerprint density at radius 3 is 2.62 bits per heavy atom. The van der Waals surface area contributed by atoms with E-state index in [0.29, 0.717) is 6.54 Å². The van der Waals surface area contributed by atoms with Crippen LogP contribution in [0.15, 0.2) is 24.3 Å². The smallest absolute Gasteiger partial charge is 0.208 e. The summed E-state index contributed by atoms with van der Waals surface area (Å²) in [5.74, 6) is 0. The van der Waals surface area contributed by atoms with Gasteiger partial charge in [0.05, 0.1) is 22.5 Å². The van der Waals surface area contributed by atoms with Gasteiger partial charge in [0, 0.05) is 31.1 Å². The highest BCUT2D eigenvalue weighted by Crippen LogP contribution is 2.28. The zero-order valence-electron chi connectivity index (χ0n) is 13.9. The maximum absolute atomic E-state index is 11.3. The van der Waals surface area contributed by atoms with Gasteiger partial charge in [-0.05, 0) is 31.4 Å². The number of nitrogens with zero attached hydrogens (tertiary/aromatic N) is 2. The Morgan fingerprint density at radius 1 is 1.29 bits per heavy atom. The molecule has 1 N–H and O–H groups in total. The maximum Gasteiger partial charge on any atom is 0.208 e. The van der Waals surface area contributed by atoms with Gasteiger partial charge in [-0.15, -0.1) is 0 Å². The molecule has 130 valence electrons. The van der Waals surface area contributed by atoms with Crippen LogP contribution in [0.25, 0.3) is 10.9 Å². The maximum atomic E-state index is 11.3. The van der Waals surface area contributed by atoms with E-state index in [1.807, 2.05) is 31.2 Å². The number of hydrogen-bond acceptors (Lipinski definition) is 4. The molecule has 24 heavy (non-hydrogen) atoms. The summed E-state index contributed by atoms with van der Waals surface area (Å²) in [6.07, 6.45) is 2.81. The monoisotopic (exact) mass is 367 g/mol. The van der Waals surface area contributed by atoms with Crippen molar-refractivity contribution in [2.24, 2.45) is 0 Å². The van der Waals surface area contributed by atoms with Gasteiger partial charge in [0.25, 0.3) is 0 Å². The Balaban J connectivity index is 1.71. The topological polar surface area (TPSA) is 62.3 Å². The summed E-state index contributed by atoms with van der Waals surface area (Å²) in [5, 5.41) is 1.81. The average Bonchev–Trinajstić information content (AvgIpc) is 2.53. The van der Waals surface area contributed by atoms with E-state index in [9.17, 15) is 8.42 Å². The van der Waals surface area contributed by atoms with E-state index in [-0.39, 0.29) is 6.04 Å². The molecule has 0 atom stereocenters. The number of fused-ring (bicyclic) bond motifs is 1. The third kappa shape index (κ3) is 4.06. The van der Waals surface area contributed by atoms with Crippen molar-refractivity contribution in [1.82, 2.24) is 14.6 Å². The number of aryl methyl sites for hydroxylation is 1. The highest BCUT2D eigenvalue weighted by molar-refractivity contribution is 7.88. The minimum atomic E-state index is -3.14. The molecule has 7 heteroatoms. The van der Waals surface area contributed by atoms with E-state index >= 15 is 0 Å². The molecule has 2 heterocycles. The number of sulfonamides is 1. The fourth-order valence-electron chi connectivity index (χ4n) is 3.25.